The zero-order chi connectivity index (χ0) is 7.61. The SMILES string of the molecule is C[C@H](C=O)C1(C)SCCS1. The van der Waals surface area contributed by atoms with Crippen LogP contribution in [0.15, 0.2) is 0 Å². The first-order valence-corrected chi connectivity index (χ1v) is 5.39. The molecule has 0 aromatic heterocycles. The Hall–Kier alpha value is 0.370. The lowest BCUT2D eigenvalue weighted by Crippen LogP contribution is -2.23. The molecule has 0 amide bonds. The zero-order valence-corrected chi connectivity index (χ0v) is 7.93. The van der Waals surface area contributed by atoms with Crippen LogP contribution in [0, 0.1) is 5.92 Å². The second-order valence-corrected chi connectivity index (χ2v) is 5.99. The third-order valence-corrected chi connectivity index (χ3v) is 5.56. The van der Waals surface area contributed by atoms with Crippen molar-refractivity contribution in [2.24, 2.45) is 5.92 Å². The van der Waals surface area contributed by atoms with Crippen LogP contribution in [0.1, 0.15) is 13.8 Å². The molecule has 0 aliphatic carbocycles. The number of hydrogen-bond donors (Lipinski definition) is 0. The molecular weight excluding hydrogens is 164 g/mol. The number of carbonyl (C=O) groups is 1. The fraction of sp³-hybridized carbons (Fsp3) is 0.857. The van der Waals surface area contributed by atoms with Crippen molar-refractivity contribution in [3.05, 3.63) is 0 Å². The quantitative estimate of drug-likeness (QED) is 0.599. The lowest BCUT2D eigenvalue weighted by atomic mass is 10.1. The Morgan fingerprint density at radius 2 is 2.00 bits per heavy atom. The van der Waals surface area contributed by atoms with Crippen molar-refractivity contribution in [2.45, 2.75) is 17.9 Å². The van der Waals surface area contributed by atoms with Crippen LogP contribution in [0.2, 0.25) is 0 Å². The van der Waals surface area contributed by atoms with E-state index >= 15 is 0 Å². The van der Waals surface area contributed by atoms with Crippen LogP contribution in [0.5, 0.6) is 0 Å². The van der Waals surface area contributed by atoms with Crippen molar-refractivity contribution in [1.29, 1.82) is 0 Å². The number of thioether (sulfide) groups is 2. The van der Waals surface area contributed by atoms with Gasteiger partial charge >= 0.3 is 0 Å². The van der Waals surface area contributed by atoms with Gasteiger partial charge in [0, 0.05) is 17.4 Å². The van der Waals surface area contributed by atoms with Gasteiger partial charge in [0.15, 0.2) is 0 Å². The van der Waals surface area contributed by atoms with Gasteiger partial charge in [-0.25, -0.2) is 0 Å². The summed E-state index contributed by atoms with van der Waals surface area (Å²) >= 11 is 3.82. The van der Waals surface area contributed by atoms with E-state index in [4.69, 9.17) is 0 Å². The van der Waals surface area contributed by atoms with Crippen LogP contribution in [0.4, 0.5) is 0 Å². The van der Waals surface area contributed by atoms with E-state index < -0.39 is 0 Å². The summed E-state index contributed by atoms with van der Waals surface area (Å²) in [4.78, 5) is 10.5. The fourth-order valence-electron chi connectivity index (χ4n) is 0.917. The Balaban J connectivity index is 2.57. The third-order valence-electron chi connectivity index (χ3n) is 1.89. The average Bonchev–Trinajstić information content (AvgIpc) is 2.36. The van der Waals surface area contributed by atoms with Gasteiger partial charge in [-0.15, -0.1) is 23.5 Å². The van der Waals surface area contributed by atoms with Crippen LogP contribution < -0.4 is 0 Å². The number of aldehydes is 1. The second-order valence-electron chi connectivity index (χ2n) is 2.64. The second kappa shape index (κ2) is 3.18. The monoisotopic (exact) mass is 176 g/mol. The van der Waals surface area contributed by atoms with Gasteiger partial charge in [-0.2, -0.15) is 0 Å². The van der Waals surface area contributed by atoms with E-state index in [0.717, 1.165) is 6.29 Å². The Bertz CT molecular complexity index is 130. The standard InChI is InChI=1S/C7H12OS2/c1-6(5-8)7(2)9-3-4-10-7/h5-6H,3-4H2,1-2H3/t6-/m1/s1. The molecule has 1 heterocycles. The highest BCUT2D eigenvalue weighted by Gasteiger charge is 2.35. The molecule has 1 aliphatic rings. The maximum atomic E-state index is 10.5. The summed E-state index contributed by atoms with van der Waals surface area (Å²) in [7, 11) is 0. The average molecular weight is 176 g/mol. The van der Waals surface area contributed by atoms with E-state index in [2.05, 4.69) is 6.92 Å². The molecule has 1 saturated heterocycles. The summed E-state index contributed by atoms with van der Waals surface area (Å²) in [5.41, 5.74) is 0. The van der Waals surface area contributed by atoms with Gasteiger partial charge in [-0.05, 0) is 6.92 Å². The van der Waals surface area contributed by atoms with Gasteiger partial charge < -0.3 is 4.79 Å². The van der Waals surface area contributed by atoms with Crippen LogP contribution in [-0.2, 0) is 4.79 Å². The highest BCUT2D eigenvalue weighted by molar-refractivity contribution is 8.21. The molecule has 1 fully saturated rings. The van der Waals surface area contributed by atoms with E-state index in [1.54, 1.807) is 0 Å². The summed E-state index contributed by atoms with van der Waals surface area (Å²) in [6.45, 7) is 4.16. The molecule has 0 aromatic carbocycles. The van der Waals surface area contributed by atoms with Crippen molar-refractivity contribution in [3.63, 3.8) is 0 Å². The minimum absolute atomic E-state index is 0.168. The maximum Gasteiger partial charge on any atom is 0.125 e. The predicted molar refractivity (Wildman–Crippen MR) is 48.5 cm³/mol. The highest BCUT2D eigenvalue weighted by Crippen LogP contribution is 2.47. The summed E-state index contributed by atoms with van der Waals surface area (Å²) in [6, 6.07) is 0. The Kier molecular flexibility index (Phi) is 2.69. The van der Waals surface area contributed by atoms with Crippen molar-refractivity contribution in [3.8, 4) is 0 Å². The molecule has 0 bridgehead atoms. The van der Waals surface area contributed by atoms with Gasteiger partial charge in [0.2, 0.25) is 0 Å². The van der Waals surface area contributed by atoms with Crippen LogP contribution in [0.25, 0.3) is 0 Å². The van der Waals surface area contributed by atoms with Gasteiger partial charge in [0.05, 0.1) is 4.08 Å². The molecule has 0 spiro atoms. The minimum atomic E-state index is 0.168. The largest absolute Gasteiger partial charge is 0.303 e. The van der Waals surface area contributed by atoms with E-state index in [1.807, 2.05) is 30.4 Å². The normalized spacial score (nSPS) is 26.2. The molecule has 1 nitrogen and oxygen atoms in total. The van der Waals surface area contributed by atoms with E-state index in [9.17, 15) is 4.79 Å². The molecule has 0 unspecified atom stereocenters. The van der Waals surface area contributed by atoms with Gasteiger partial charge in [0.25, 0.3) is 0 Å². The first-order chi connectivity index (χ1) is 4.69. The van der Waals surface area contributed by atoms with Gasteiger partial charge in [-0.1, -0.05) is 6.92 Å². The van der Waals surface area contributed by atoms with E-state index in [0.29, 0.717) is 0 Å². The first-order valence-electron chi connectivity index (χ1n) is 3.42. The molecule has 0 radical (unpaired) electrons. The summed E-state index contributed by atoms with van der Waals surface area (Å²) in [6.07, 6.45) is 1.06. The number of hydrogen-bond acceptors (Lipinski definition) is 3. The van der Waals surface area contributed by atoms with Crippen LogP contribution >= 0.6 is 23.5 Å². The summed E-state index contributed by atoms with van der Waals surface area (Å²) in [5.74, 6) is 2.57. The third kappa shape index (κ3) is 1.51. The lowest BCUT2D eigenvalue weighted by molar-refractivity contribution is -0.110. The Labute approximate surface area is 70.3 Å². The topological polar surface area (TPSA) is 17.1 Å². The molecule has 10 heavy (non-hydrogen) atoms. The molecule has 1 atom stereocenters. The molecule has 0 aromatic rings. The molecular formula is C7H12OS2. The smallest absolute Gasteiger partial charge is 0.125 e. The van der Waals surface area contributed by atoms with Crippen LogP contribution in [-0.4, -0.2) is 21.9 Å². The molecule has 3 heteroatoms. The zero-order valence-electron chi connectivity index (χ0n) is 6.29. The van der Waals surface area contributed by atoms with Crippen molar-refractivity contribution >= 4 is 29.8 Å². The maximum absolute atomic E-state index is 10.5. The number of carbonyl (C=O) groups excluding carboxylic acids is 1. The van der Waals surface area contributed by atoms with E-state index in [1.165, 1.54) is 11.5 Å². The lowest BCUT2D eigenvalue weighted by Gasteiger charge is -2.24. The summed E-state index contributed by atoms with van der Waals surface area (Å²) < 4.78 is 0.168. The predicted octanol–water partition coefficient (Wildman–Crippen LogP) is 2.02. The molecule has 0 saturated carbocycles. The minimum Gasteiger partial charge on any atom is -0.303 e. The van der Waals surface area contributed by atoms with Crippen molar-refractivity contribution < 1.29 is 4.79 Å². The van der Waals surface area contributed by atoms with E-state index in [-0.39, 0.29) is 10.00 Å². The van der Waals surface area contributed by atoms with Crippen molar-refractivity contribution in [2.75, 3.05) is 11.5 Å². The first kappa shape index (κ1) is 8.47. The molecule has 1 rings (SSSR count). The highest BCUT2D eigenvalue weighted by atomic mass is 32.2. The summed E-state index contributed by atoms with van der Waals surface area (Å²) in [5, 5.41) is 0. The van der Waals surface area contributed by atoms with Gasteiger partial charge in [-0.3, -0.25) is 0 Å². The van der Waals surface area contributed by atoms with Gasteiger partial charge in [0.1, 0.15) is 6.29 Å². The van der Waals surface area contributed by atoms with Crippen LogP contribution in [0.3, 0.4) is 0 Å². The number of rotatable bonds is 2. The molecule has 0 N–H and O–H groups in total. The molecule has 1 aliphatic heterocycles. The molecule has 58 valence electrons. The van der Waals surface area contributed by atoms with Crippen molar-refractivity contribution in [1.82, 2.24) is 0 Å². The Morgan fingerprint density at radius 3 is 2.40 bits per heavy atom. The fourth-order valence-corrected chi connectivity index (χ4v) is 3.86. The Morgan fingerprint density at radius 1 is 1.50 bits per heavy atom.